The molecule has 1 atom stereocenters. The molecule has 0 amide bonds. The summed E-state index contributed by atoms with van der Waals surface area (Å²) in [5.74, 6) is -0.0872. The topological polar surface area (TPSA) is 58.6 Å². The zero-order valence-corrected chi connectivity index (χ0v) is 11.9. The molecule has 1 fully saturated rings. The first-order valence-electron chi connectivity index (χ1n) is 6.86. The van der Waals surface area contributed by atoms with Crippen molar-refractivity contribution >= 4 is 11.8 Å². The lowest BCUT2D eigenvalue weighted by molar-refractivity contribution is -0.140. The lowest BCUT2D eigenvalue weighted by atomic mass is 10.1. The second kappa shape index (κ2) is 6.63. The van der Waals surface area contributed by atoms with Crippen molar-refractivity contribution in [3.05, 3.63) is 29.8 Å². The Morgan fingerprint density at radius 2 is 1.90 bits per heavy atom. The SMILES string of the molecule is CC(=O)c1ccccc1OC(=O)C(C)N1CCNCC1. The monoisotopic (exact) mass is 276 g/mol. The molecule has 0 radical (unpaired) electrons. The number of Topliss-reactive ketones (excluding diaryl/α,β-unsaturated/α-hetero) is 1. The first-order valence-corrected chi connectivity index (χ1v) is 6.86. The molecule has 0 spiro atoms. The van der Waals surface area contributed by atoms with Crippen LogP contribution in [0.5, 0.6) is 5.75 Å². The second-order valence-electron chi connectivity index (χ2n) is 4.94. The third-order valence-corrected chi connectivity index (χ3v) is 3.52. The third-order valence-electron chi connectivity index (χ3n) is 3.52. The van der Waals surface area contributed by atoms with Gasteiger partial charge in [-0.2, -0.15) is 0 Å². The molecule has 0 saturated carbocycles. The number of carbonyl (C=O) groups excluding carboxylic acids is 2. The van der Waals surface area contributed by atoms with Gasteiger partial charge >= 0.3 is 5.97 Å². The van der Waals surface area contributed by atoms with Gasteiger partial charge < -0.3 is 10.1 Å². The van der Waals surface area contributed by atoms with Crippen LogP contribution in [0.15, 0.2) is 24.3 Å². The number of benzene rings is 1. The molecular weight excluding hydrogens is 256 g/mol. The maximum Gasteiger partial charge on any atom is 0.328 e. The van der Waals surface area contributed by atoms with Crippen LogP contribution in [0.4, 0.5) is 0 Å². The van der Waals surface area contributed by atoms with Crippen LogP contribution in [0.2, 0.25) is 0 Å². The average Bonchev–Trinajstić information content (AvgIpc) is 2.47. The molecule has 1 saturated heterocycles. The summed E-state index contributed by atoms with van der Waals surface area (Å²) in [6, 6.07) is 6.52. The van der Waals surface area contributed by atoms with Crippen molar-refractivity contribution in [2.75, 3.05) is 26.2 Å². The van der Waals surface area contributed by atoms with Crippen LogP contribution in [0.25, 0.3) is 0 Å². The Labute approximate surface area is 118 Å². The zero-order valence-electron chi connectivity index (χ0n) is 11.9. The fraction of sp³-hybridized carbons (Fsp3) is 0.467. The smallest absolute Gasteiger partial charge is 0.328 e. The Hall–Kier alpha value is -1.72. The van der Waals surface area contributed by atoms with E-state index in [0.29, 0.717) is 11.3 Å². The summed E-state index contributed by atoms with van der Waals surface area (Å²) in [7, 11) is 0. The lowest BCUT2D eigenvalue weighted by Crippen LogP contribution is -2.51. The molecule has 1 aliphatic heterocycles. The number of hydrogen-bond acceptors (Lipinski definition) is 5. The molecule has 5 nitrogen and oxygen atoms in total. The summed E-state index contributed by atoms with van der Waals surface area (Å²) in [6.45, 7) is 6.70. The highest BCUT2D eigenvalue weighted by atomic mass is 16.5. The number of nitrogens with one attached hydrogen (secondary N) is 1. The van der Waals surface area contributed by atoms with Gasteiger partial charge in [0.15, 0.2) is 5.78 Å². The van der Waals surface area contributed by atoms with Crippen LogP contribution in [0.1, 0.15) is 24.2 Å². The number of ether oxygens (including phenoxy) is 1. The maximum absolute atomic E-state index is 12.2. The number of nitrogens with zero attached hydrogens (tertiary/aromatic N) is 1. The van der Waals surface area contributed by atoms with E-state index in [4.69, 9.17) is 4.74 Å². The molecule has 1 aromatic carbocycles. The largest absolute Gasteiger partial charge is 0.425 e. The van der Waals surface area contributed by atoms with E-state index in [9.17, 15) is 9.59 Å². The van der Waals surface area contributed by atoms with Crippen LogP contribution < -0.4 is 10.1 Å². The molecule has 0 aromatic heterocycles. The van der Waals surface area contributed by atoms with E-state index < -0.39 is 0 Å². The van der Waals surface area contributed by atoms with Gasteiger partial charge in [0.2, 0.25) is 0 Å². The third kappa shape index (κ3) is 3.43. The standard InChI is InChI=1S/C15H20N2O3/c1-11(17-9-7-16-8-10-17)15(19)20-14-6-4-3-5-13(14)12(2)18/h3-6,11,16H,7-10H2,1-2H3. The molecule has 0 aliphatic carbocycles. The number of piperazine rings is 1. The van der Waals surface area contributed by atoms with E-state index in [-0.39, 0.29) is 17.8 Å². The molecule has 1 aliphatic rings. The zero-order chi connectivity index (χ0) is 14.5. The molecule has 1 unspecified atom stereocenters. The molecule has 20 heavy (non-hydrogen) atoms. The van der Waals surface area contributed by atoms with Crippen molar-refractivity contribution in [1.82, 2.24) is 10.2 Å². The molecule has 0 bridgehead atoms. The van der Waals surface area contributed by atoms with Crippen LogP contribution >= 0.6 is 0 Å². The second-order valence-corrected chi connectivity index (χ2v) is 4.94. The summed E-state index contributed by atoms with van der Waals surface area (Å²) < 4.78 is 5.40. The summed E-state index contributed by atoms with van der Waals surface area (Å²) in [6.07, 6.45) is 0. The minimum atomic E-state index is -0.319. The highest BCUT2D eigenvalue weighted by molar-refractivity contribution is 5.97. The number of hydrogen-bond donors (Lipinski definition) is 1. The molecule has 5 heteroatoms. The van der Waals surface area contributed by atoms with E-state index in [2.05, 4.69) is 10.2 Å². The van der Waals surface area contributed by atoms with E-state index in [1.54, 1.807) is 24.3 Å². The van der Waals surface area contributed by atoms with Crippen molar-refractivity contribution in [2.24, 2.45) is 0 Å². The predicted octanol–water partition coefficient (Wildman–Crippen LogP) is 1.09. The van der Waals surface area contributed by atoms with Gasteiger partial charge in [-0.1, -0.05) is 12.1 Å². The van der Waals surface area contributed by atoms with Crippen molar-refractivity contribution in [3.8, 4) is 5.75 Å². The van der Waals surface area contributed by atoms with Gasteiger partial charge in [-0.25, -0.2) is 4.79 Å². The van der Waals surface area contributed by atoms with Gasteiger partial charge in [0.25, 0.3) is 0 Å². The predicted molar refractivity (Wildman–Crippen MR) is 76.0 cm³/mol. The molecule has 108 valence electrons. The first kappa shape index (κ1) is 14.7. The fourth-order valence-corrected chi connectivity index (χ4v) is 2.26. The Balaban J connectivity index is 2.05. The molecule has 1 N–H and O–H groups in total. The molecular formula is C15H20N2O3. The van der Waals surface area contributed by atoms with E-state index in [1.165, 1.54) is 6.92 Å². The van der Waals surface area contributed by atoms with Crippen molar-refractivity contribution in [1.29, 1.82) is 0 Å². The summed E-state index contributed by atoms with van der Waals surface area (Å²) in [5.41, 5.74) is 0.438. The minimum absolute atomic E-state index is 0.108. The average molecular weight is 276 g/mol. The number of esters is 1. The Bertz CT molecular complexity index is 496. The number of ketones is 1. The maximum atomic E-state index is 12.2. The fourth-order valence-electron chi connectivity index (χ4n) is 2.26. The van der Waals surface area contributed by atoms with Crippen LogP contribution in [0.3, 0.4) is 0 Å². The molecule has 1 heterocycles. The number of rotatable bonds is 4. The van der Waals surface area contributed by atoms with Gasteiger partial charge in [-0.3, -0.25) is 9.69 Å². The Morgan fingerprint density at radius 3 is 2.55 bits per heavy atom. The number of para-hydroxylation sites is 1. The van der Waals surface area contributed by atoms with E-state index >= 15 is 0 Å². The normalized spacial score (nSPS) is 17.5. The van der Waals surface area contributed by atoms with Crippen molar-refractivity contribution in [2.45, 2.75) is 19.9 Å². The Kier molecular flexibility index (Phi) is 4.87. The van der Waals surface area contributed by atoms with Gasteiger partial charge in [0.05, 0.1) is 5.56 Å². The summed E-state index contributed by atoms with van der Waals surface area (Å²) >= 11 is 0. The molecule has 2 rings (SSSR count). The molecule has 1 aromatic rings. The highest BCUT2D eigenvalue weighted by Gasteiger charge is 2.25. The lowest BCUT2D eigenvalue weighted by Gasteiger charge is -2.31. The van der Waals surface area contributed by atoms with Gasteiger partial charge in [0, 0.05) is 26.2 Å². The van der Waals surface area contributed by atoms with Crippen LogP contribution in [0, 0.1) is 0 Å². The Morgan fingerprint density at radius 1 is 1.25 bits per heavy atom. The highest BCUT2D eigenvalue weighted by Crippen LogP contribution is 2.19. The summed E-state index contributed by atoms with van der Waals surface area (Å²) in [4.78, 5) is 25.8. The van der Waals surface area contributed by atoms with Gasteiger partial charge in [-0.05, 0) is 26.0 Å². The van der Waals surface area contributed by atoms with Crippen molar-refractivity contribution in [3.63, 3.8) is 0 Å². The van der Waals surface area contributed by atoms with Crippen LogP contribution in [-0.4, -0.2) is 48.9 Å². The van der Waals surface area contributed by atoms with E-state index in [0.717, 1.165) is 26.2 Å². The quantitative estimate of drug-likeness (QED) is 0.507. The first-order chi connectivity index (χ1) is 9.59. The van der Waals surface area contributed by atoms with Gasteiger partial charge in [0.1, 0.15) is 11.8 Å². The minimum Gasteiger partial charge on any atom is -0.425 e. The van der Waals surface area contributed by atoms with Gasteiger partial charge in [-0.15, -0.1) is 0 Å². The summed E-state index contributed by atoms with van der Waals surface area (Å²) in [5, 5.41) is 3.24. The van der Waals surface area contributed by atoms with E-state index in [1.807, 2.05) is 6.92 Å². The van der Waals surface area contributed by atoms with Crippen LogP contribution in [-0.2, 0) is 4.79 Å². The van der Waals surface area contributed by atoms with Crippen molar-refractivity contribution < 1.29 is 14.3 Å². The number of carbonyl (C=O) groups is 2.